The van der Waals surface area contributed by atoms with E-state index in [4.69, 9.17) is 18.9 Å². The second-order valence-electron chi connectivity index (χ2n) is 10.4. The highest BCUT2D eigenvalue weighted by Crippen LogP contribution is 2.49. The SMILES string of the molecule is CC(C)CC1(c2ccc3c(c2)C(CO)c2cc(C4(CC(C)C)OCCO4)ccc2-3)OCCO1. The zero-order valence-electron chi connectivity index (χ0n) is 20.2. The van der Waals surface area contributed by atoms with Gasteiger partial charge < -0.3 is 24.1 Å². The topological polar surface area (TPSA) is 57.2 Å². The third-order valence-electron chi connectivity index (χ3n) is 7.07. The molecule has 0 aromatic heterocycles. The van der Waals surface area contributed by atoms with Crippen LogP contribution in [0.3, 0.4) is 0 Å². The second-order valence-corrected chi connectivity index (χ2v) is 10.4. The summed E-state index contributed by atoms with van der Waals surface area (Å²) in [6, 6.07) is 13.0. The normalized spacial score (nSPS) is 21.2. The minimum atomic E-state index is -0.698. The van der Waals surface area contributed by atoms with E-state index in [0.717, 1.165) is 35.1 Å². The van der Waals surface area contributed by atoms with Crippen molar-refractivity contribution in [2.24, 2.45) is 11.8 Å². The molecule has 178 valence electrons. The van der Waals surface area contributed by atoms with Gasteiger partial charge in [-0.05, 0) is 46.2 Å². The van der Waals surface area contributed by atoms with Crippen LogP contribution < -0.4 is 0 Å². The molecule has 3 aliphatic rings. The zero-order chi connectivity index (χ0) is 23.2. The molecule has 0 amide bonds. The average Bonchev–Trinajstić information content (AvgIpc) is 3.50. The van der Waals surface area contributed by atoms with Gasteiger partial charge in [0.2, 0.25) is 0 Å². The minimum absolute atomic E-state index is 0.0463. The van der Waals surface area contributed by atoms with E-state index >= 15 is 0 Å². The van der Waals surface area contributed by atoms with Crippen molar-refractivity contribution in [3.8, 4) is 11.1 Å². The van der Waals surface area contributed by atoms with Crippen LogP contribution in [-0.4, -0.2) is 38.1 Å². The van der Waals surface area contributed by atoms with Crippen LogP contribution >= 0.6 is 0 Å². The van der Waals surface area contributed by atoms with Gasteiger partial charge in [-0.15, -0.1) is 0 Å². The molecule has 2 saturated heterocycles. The van der Waals surface area contributed by atoms with Crippen LogP contribution in [0.4, 0.5) is 0 Å². The zero-order valence-corrected chi connectivity index (χ0v) is 20.2. The Kier molecular flexibility index (Phi) is 6.13. The van der Waals surface area contributed by atoms with E-state index < -0.39 is 11.6 Å². The summed E-state index contributed by atoms with van der Waals surface area (Å²) in [7, 11) is 0. The first-order valence-electron chi connectivity index (χ1n) is 12.3. The molecule has 2 aromatic carbocycles. The Morgan fingerprint density at radius 2 is 1.12 bits per heavy atom. The Balaban J connectivity index is 1.55. The highest BCUT2D eigenvalue weighted by molar-refractivity contribution is 5.79. The predicted octanol–water partition coefficient (Wildman–Crippen LogP) is 5.28. The van der Waals surface area contributed by atoms with E-state index in [1.54, 1.807) is 0 Å². The van der Waals surface area contributed by atoms with Crippen molar-refractivity contribution in [1.29, 1.82) is 0 Å². The molecule has 5 rings (SSSR count). The maximum absolute atomic E-state index is 10.5. The van der Waals surface area contributed by atoms with Gasteiger partial charge >= 0.3 is 0 Å². The van der Waals surface area contributed by atoms with Crippen LogP contribution in [0.2, 0.25) is 0 Å². The highest BCUT2D eigenvalue weighted by atomic mass is 16.7. The maximum atomic E-state index is 10.5. The molecule has 2 aromatic rings. The number of aliphatic hydroxyl groups is 1. The lowest BCUT2D eigenvalue weighted by Gasteiger charge is -2.30. The Hall–Kier alpha value is -1.76. The predicted molar refractivity (Wildman–Crippen MR) is 127 cm³/mol. The summed E-state index contributed by atoms with van der Waals surface area (Å²) in [5, 5.41) is 10.5. The Bertz CT molecular complexity index is 920. The summed E-state index contributed by atoms with van der Waals surface area (Å²) in [4.78, 5) is 0. The molecular weight excluding hydrogens is 416 g/mol. The number of aliphatic hydroxyl groups excluding tert-OH is 1. The van der Waals surface area contributed by atoms with Gasteiger partial charge in [-0.1, -0.05) is 52.0 Å². The molecule has 5 nitrogen and oxygen atoms in total. The van der Waals surface area contributed by atoms with Crippen molar-refractivity contribution in [3.05, 3.63) is 58.7 Å². The average molecular weight is 453 g/mol. The van der Waals surface area contributed by atoms with Crippen molar-refractivity contribution in [3.63, 3.8) is 0 Å². The van der Waals surface area contributed by atoms with Crippen molar-refractivity contribution >= 4 is 0 Å². The van der Waals surface area contributed by atoms with Crippen LogP contribution in [0.15, 0.2) is 36.4 Å². The van der Waals surface area contributed by atoms with Gasteiger partial charge in [0.15, 0.2) is 11.6 Å². The lowest BCUT2D eigenvalue weighted by molar-refractivity contribution is -0.177. The standard InChI is InChI=1S/C28H36O5/c1-18(2)15-27(30-9-10-31-27)20-5-7-22-23-8-6-21(14-25(23)26(17-29)24(22)13-20)28(16-19(3)4)32-11-12-33-28/h5-8,13-14,18-19,26,29H,9-12,15-17H2,1-4H3. The lowest BCUT2D eigenvalue weighted by Crippen LogP contribution is -2.29. The van der Waals surface area contributed by atoms with Crippen LogP contribution in [0.25, 0.3) is 11.1 Å². The molecule has 2 heterocycles. The quantitative estimate of drug-likeness (QED) is 0.619. The fourth-order valence-corrected chi connectivity index (χ4v) is 5.82. The first-order chi connectivity index (χ1) is 15.9. The van der Waals surface area contributed by atoms with Crippen LogP contribution in [-0.2, 0) is 30.5 Å². The smallest absolute Gasteiger partial charge is 0.195 e. The molecule has 2 aliphatic heterocycles. The molecule has 0 spiro atoms. The van der Waals surface area contributed by atoms with Crippen LogP contribution in [0.1, 0.15) is 68.7 Å². The van der Waals surface area contributed by atoms with Gasteiger partial charge in [0.25, 0.3) is 0 Å². The summed E-state index contributed by atoms with van der Waals surface area (Å²) in [5.74, 6) is -0.613. The molecular formula is C28H36O5. The van der Waals surface area contributed by atoms with Crippen LogP contribution in [0, 0.1) is 11.8 Å². The summed E-state index contributed by atoms with van der Waals surface area (Å²) in [6.45, 7) is 11.2. The Labute approximate surface area is 197 Å². The molecule has 33 heavy (non-hydrogen) atoms. The summed E-state index contributed by atoms with van der Waals surface area (Å²) in [6.07, 6.45) is 1.61. The number of rotatable bonds is 7. The molecule has 0 unspecified atom stereocenters. The van der Waals surface area contributed by atoms with E-state index in [9.17, 15) is 5.11 Å². The lowest BCUT2D eigenvalue weighted by atomic mass is 9.89. The number of ether oxygens (including phenoxy) is 4. The minimum Gasteiger partial charge on any atom is -0.395 e. The highest BCUT2D eigenvalue weighted by Gasteiger charge is 2.42. The molecule has 5 heteroatoms. The van der Waals surface area contributed by atoms with E-state index in [-0.39, 0.29) is 12.5 Å². The van der Waals surface area contributed by atoms with Gasteiger partial charge in [0.05, 0.1) is 33.0 Å². The summed E-state index contributed by atoms with van der Waals surface area (Å²) < 4.78 is 24.6. The van der Waals surface area contributed by atoms with E-state index in [2.05, 4.69) is 64.1 Å². The van der Waals surface area contributed by atoms with Gasteiger partial charge in [-0.25, -0.2) is 0 Å². The van der Waals surface area contributed by atoms with Crippen molar-refractivity contribution in [2.45, 2.75) is 58.0 Å². The number of fused-ring (bicyclic) bond motifs is 3. The molecule has 0 bridgehead atoms. The Morgan fingerprint density at radius 1 is 0.727 bits per heavy atom. The summed E-state index contributed by atoms with van der Waals surface area (Å²) in [5.41, 5.74) is 6.69. The fourth-order valence-electron chi connectivity index (χ4n) is 5.82. The van der Waals surface area contributed by atoms with Gasteiger partial charge in [0.1, 0.15) is 0 Å². The summed E-state index contributed by atoms with van der Waals surface area (Å²) >= 11 is 0. The third-order valence-corrected chi connectivity index (χ3v) is 7.07. The third kappa shape index (κ3) is 3.94. The first-order valence-corrected chi connectivity index (χ1v) is 12.3. The largest absolute Gasteiger partial charge is 0.395 e. The maximum Gasteiger partial charge on any atom is 0.195 e. The van der Waals surface area contributed by atoms with Gasteiger partial charge in [0, 0.05) is 29.9 Å². The van der Waals surface area contributed by atoms with E-state index in [1.165, 1.54) is 11.1 Å². The van der Waals surface area contributed by atoms with Crippen LogP contribution in [0.5, 0.6) is 0 Å². The van der Waals surface area contributed by atoms with E-state index in [1.807, 2.05) is 0 Å². The molecule has 0 atom stereocenters. The first kappa shape index (κ1) is 23.0. The number of benzene rings is 2. The molecule has 1 aliphatic carbocycles. The van der Waals surface area contributed by atoms with Gasteiger partial charge in [-0.3, -0.25) is 0 Å². The molecule has 0 saturated carbocycles. The molecule has 0 radical (unpaired) electrons. The van der Waals surface area contributed by atoms with Crippen molar-refractivity contribution in [2.75, 3.05) is 33.0 Å². The fraction of sp³-hybridized carbons (Fsp3) is 0.571. The molecule has 1 N–H and O–H groups in total. The van der Waals surface area contributed by atoms with Crippen molar-refractivity contribution < 1.29 is 24.1 Å². The number of hydrogen-bond acceptors (Lipinski definition) is 5. The second kappa shape index (κ2) is 8.79. The van der Waals surface area contributed by atoms with Crippen molar-refractivity contribution in [1.82, 2.24) is 0 Å². The Morgan fingerprint density at radius 3 is 1.45 bits per heavy atom. The van der Waals surface area contributed by atoms with E-state index in [0.29, 0.717) is 38.3 Å². The monoisotopic (exact) mass is 452 g/mol. The molecule has 2 fully saturated rings. The number of hydrogen-bond donors (Lipinski definition) is 1. The van der Waals surface area contributed by atoms with Gasteiger partial charge in [-0.2, -0.15) is 0 Å².